The number of hydrogen-bond donors (Lipinski definition) is 1. The highest BCUT2D eigenvalue weighted by Gasteiger charge is 2.45. The Kier molecular flexibility index (Phi) is 9.40. The molecule has 7 nitrogen and oxygen atoms in total. The minimum Gasteiger partial charge on any atom is -0.507 e. The maximum Gasteiger partial charge on any atom is 0.295 e. The number of carbonyl (C=O) groups excluding carboxylic acids is 2. The van der Waals surface area contributed by atoms with Crippen LogP contribution in [-0.2, 0) is 16.2 Å². The Hall–Kier alpha value is -4.36. The van der Waals surface area contributed by atoms with E-state index in [1.807, 2.05) is 62.3 Å². The Balaban J connectivity index is 1.63. The fourth-order valence-corrected chi connectivity index (χ4v) is 4.71. The van der Waals surface area contributed by atoms with Crippen molar-refractivity contribution in [2.24, 2.45) is 0 Å². The fourth-order valence-electron chi connectivity index (χ4n) is 4.71. The molecule has 1 unspecified atom stereocenters. The zero-order chi connectivity index (χ0) is 28.6. The van der Waals surface area contributed by atoms with E-state index in [9.17, 15) is 14.7 Å². The smallest absolute Gasteiger partial charge is 0.295 e. The lowest BCUT2D eigenvalue weighted by Crippen LogP contribution is -2.32. The number of nitrogens with zero attached hydrogens (tertiary/aromatic N) is 2. The summed E-state index contributed by atoms with van der Waals surface area (Å²) in [6.45, 7) is 7.62. The number of aliphatic hydroxyl groups excluding tert-OH is 1. The third-order valence-corrected chi connectivity index (χ3v) is 6.89. The topological polar surface area (TPSA) is 79.3 Å². The van der Waals surface area contributed by atoms with Crippen LogP contribution in [0.3, 0.4) is 0 Å². The zero-order valence-electron chi connectivity index (χ0n) is 23.3. The maximum absolute atomic E-state index is 13.3. The summed E-state index contributed by atoms with van der Waals surface area (Å²) in [6.07, 6.45) is 2.34. The molecule has 0 aromatic heterocycles. The van der Waals surface area contributed by atoms with E-state index in [4.69, 9.17) is 9.47 Å². The molecule has 4 rings (SSSR count). The third-order valence-electron chi connectivity index (χ3n) is 6.89. The van der Waals surface area contributed by atoms with Crippen molar-refractivity contribution in [3.63, 3.8) is 0 Å². The molecule has 0 radical (unpaired) electrons. The molecule has 40 heavy (non-hydrogen) atoms. The highest BCUT2D eigenvalue weighted by Crippen LogP contribution is 2.40. The second-order valence-electron chi connectivity index (χ2n) is 10.1. The summed E-state index contributed by atoms with van der Waals surface area (Å²) < 4.78 is 11.5. The van der Waals surface area contributed by atoms with Gasteiger partial charge in [0.2, 0.25) is 0 Å². The van der Waals surface area contributed by atoms with Crippen LogP contribution in [0.5, 0.6) is 11.5 Å². The predicted octanol–water partition coefficient (Wildman–Crippen LogP) is 5.51. The van der Waals surface area contributed by atoms with Gasteiger partial charge in [0, 0.05) is 12.1 Å². The van der Waals surface area contributed by atoms with E-state index in [0.29, 0.717) is 43.2 Å². The molecule has 0 spiro atoms. The highest BCUT2D eigenvalue weighted by molar-refractivity contribution is 6.46. The molecule has 208 valence electrons. The number of ketones is 1. The lowest BCUT2D eigenvalue weighted by Gasteiger charge is -2.26. The number of hydrogen-bond acceptors (Lipinski definition) is 6. The van der Waals surface area contributed by atoms with E-state index in [-0.39, 0.29) is 11.3 Å². The summed E-state index contributed by atoms with van der Waals surface area (Å²) in [4.78, 5) is 30.1. The molecule has 0 aliphatic carbocycles. The van der Waals surface area contributed by atoms with Gasteiger partial charge in [-0.05, 0) is 87.1 Å². The van der Waals surface area contributed by atoms with Crippen molar-refractivity contribution in [3.8, 4) is 11.5 Å². The first kappa shape index (κ1) is 28.6. The van der Waals surface area contributed by atoms with Crippen LogP contribution in [0.2, 0.25) is 0 Å². The van der Waals surface area contributed by atoms with Crippen LogP contribution in [0, 0.1) is 6.92 Å². The zero-order valence-corrected chi connectivity index (χ0v) is 23.3. The van der Waals surface area contributed by atoms with Gasteiger partial charge in [-0.15, -0.1) is 0 Å². The van der Waals surface area contributed by atoms with E-state index < -0.39 is 17.7 Å². The molecule has 1 amide bonds. The number of amides is 1. The van der Waals surface area contributed by atoms with E-state index >= 15 is 0 Å². The van der Waals surface area contributed by atoms with E-state index in [1.165, 1.54) is 0 Å². The molecule has 1 aliphatic rings. The number of carbonyl (C=O) groups is 2. The Morgan fingerprint density at radius 3 is 2.27 bits per heavy atom. The molecule has 7 heteroatoms. The Labute approximate surface area is 235 Å². The fraction of sp³-hybridized carbons (Fsp3) is 0.273. The maximum atomic E-state index is 13.3. The van der Waals surface area contributed by atoms with Gasteiger partial charge in [-0.3, -0.25) is 9.59 Å². The first-order valence-corrected chi connectivity index (χ1v) is 13.3. The van der Waals surface area contributed by atoms with Crippen molar-refractivity contribution < 1.29 is 24.2 Å². The molecule has 0 saturated carbocycles. The SMILES string of the molecule is C=CCOc1ccc(C2/C(=C(\O)c3ccc(OCc4ccccc4C)cc3)C(=O)C(=O)N2CCCN(C)C)cc1. The number of aryl methyl sites for hydroxylation is 1. The average Bonchev–Trinajstić information content (AvgIpc) is 3.20. The molecular formula is C33H36N2O5. The van der Waals surface area contributed by atoms with Crippen molar-refractivity contribution in [1.82, 2.24) is 9.80 Å². The Bertz CT molecular complexity index is 1380. The Morgan fingerprint density at radius 1 is 0.975 bits per heavy atom. The molecule has 1 aliphatic heterocycles. The van der Waals surface area contributed by atoms with Crippen LogP contribution in [0.1, 0.15) is 34.7 Å². The molecule has 1 atom stereocenters. The molecule has 3 aromatic rings. The number of benzene rings is 3. The van der Waals surface area contributed by atoms with Gasteiger partial charge in [0.1, 0.15) is 30.5 Å². The minimum atomic E-state index is -0.715. The van der Waals surface area contributed by atoms with Crippen molar-refractivity contribution in [3.05, 3.63) is 113 Å². The lowest BCUT2D eigenvalue weighted by molar-refractivity contribution is -0.139. The molecule has 0 bridgehead atoms. The van der Waals surface area contributed by atoms with Gasteiger partial charge < -0.3 is 24.4 Å². The number of ether oxygens (including phenoxy) is 2. The van der Waals surface area contributed by atoms with Crippen LogP contribution in [-0.4, -0.2) is 60.4 Å². The molecular weight excluding hydrogens is 504 g/mol. The van der Waals surface area contributed by atoms with Gasteiger partial charge in [-0.25, -0.2) is 0 Å². The third kappa shape index (κ3) is 6.61. The van der Waals surface area contributed by atoms with Crippen LogP contribution in [0.4, 0.5) is 0 Å². The van der Waals surface area contributed by atoms with Crippen molar-refractivity contribution in [1.29, 1.82) is 0 Å². The van der Waals surface area contributed by atoms with Crippen molar-refractivity contribution in [2.75, 3.05) is 33.8 Å². The lowest BCUT2D eigenvalue weighted by atomic mass is 9.95. The summed E-state index contributed by atoms with van der Waals surface area (Å²) in [5.41, 5.74) is 3.46. The van der Waals surface area contributed by atoms with E-state index in [0.717, 1.165) is 23.2 Å². The van der Waals surface area contributed by atoms with Gasteiger partial charge in [-0.1, -0.05) is 49.1 Å². The standard InChI is InChI=1S/C33H36N2O5/c1-5-21-39-27-15-11-24(12-16-27)30-29(32(37)33(38)35(30)20-8-19-34(3)4)31(36)25-13-17-28(18-14-25)40-22-26-10-7-6-9-23(26)2/h5-7,9-18,30,36H,1,8,19-22H2,2-4H3/b31-29+. The normalized spacial score (nSPS) is 16.4. The van der Waals surface area contributed by atoms with Crippen molar-refractivity contribution >= 4 is 17.4 Å². The van der Waals surface area contributed by atoms with E-state index in [2.05, 4.69) is 6.58 Å². The summed E-state index contributed by atoms with van der Waals surface area (Å²) in [7, 11) is 3.92. The monoisotopic (exact) mass is 540 g/mol. The van der Waals surface area contributed by atoms with Crippen LogP contribution >= 0.6 is 0 Å². The molecule has 1 heterocycles. The summed E-state index contributed by atoms with van der Waals surface area (Å²) in [6, 6.07) is 21.4. The average molecular weight is 541 g/mol. The van der Waals surface area contributed by atoms with Gasteiger partial charge in [0.25, 0.3) is 11.7 Å². The molecule has 3 aromatic carbocycles. The largest absolute Gasteiger partial charge is 0.507 e. The number of rotatable bonds is 12. The number of Topliss-reactive ketones (excluding diaryl/α,β-unsaturated/α-hetero) is 1. The first-order valence-electron chi connectivity index (χ1n) is 13.3. The second kappa shape index (κ2) is 13.1. The van der Waals surface area contributed by atoms with Crippen LogP contribution in [0.15, 0.2) is 91.0 Å². The molecule has 1 fully saturated rings. The predicted molar refractivity (Wildman–Crippen MR) is 156 cm³/mol. The van der Waals surface area contributed by atoms with Gasteiger partial charge in [0.15, 0.2) is 0 Å². The first-order chi connectivity index (χ1) is 19.3. The van der Waals surface area contributed by atoms with Gasteiger partial charge in [0.05, 0.1) is 11.6 Å². The van der Waals surface area contributed by atoms with Crippen molar-refractivity contribution in [2.45, 2.75) is 26.0 Å². The minimum absolute atomic E-state index is 0.0724. The van der Waals surface area contributed by atoms with Gasteiger partial charge in [-0.2, -0.15) is 0 Å². The molecule has 1 N–H and O–H groups in total. The summed E-state index contributed by atoms with van der Waals surface area (Å²) in [5, 5.41) is 11.4. The highest BCUT2D eigenvalue weighted by atomic mass is 16.5. The van der Waals surface area contributed by atoms with E-state index in [1.54, 1.807) is 47.4 Å². The second-order valence-corrected chi connectivity index (χ2v) is 10.1. The molecule has 1 saturated heterocycles. The number of aliphatic hydroxyl groups is 1. The van der Waals surface area contributed by atoms with Crippen LogP contribution < -0.4 is 9.47 Å². The van der Waals surface area contributed by atoms with Gasteiger partial charge >= 0.3 is 0 Å². The van der Waals surface area contributed by atoms with Crippen LogP contribution in [0.25, 0.3) is 5.76 Å². The number of likely N-dealkylation sites (tertiary alicyclic amines) is 1. The summed E-state index contributed by atoms with van der Waals surface area (Å²) in [5.74, 6) is -0.240. The Morgan fingerprint density at radius 2 is 1.62 bits per heavy atom. The quantitative estimate of drug-likeness (QED) is 0.141. The summed E-state index contributed by atoms with van der Waals surface area (Å²) >= 11 is 0.